The summed E-state index contributed by atoms with van der Waals surface area (Å²) in [5, 5.41) is 2.61. The van der Waals surface area contributed by atoms with Crippen LogP contribution in [0.3, 0.4) is 0 Å². The Bertz CT molecular complexity index is 795. The molecule has 7 nitrogen and oxygen atoms in total. The molecular formula is C26H40N2O5. The number of likely N-dealkylation sites (N-methyl/N-ethyl adjacent to an activating group) is 1. The van der Waals surface area contributed by atoms with Crippen molar-refractivity contribution in [3.8, 4) is 0 Å². The Morgan fingerprint density at radius 2 is 1.64 bits per heavy atom. The number of hydrogen-bond acceptors (Lipinski definition) is 5. The molecule has 0 saturated heterocycles. The van der Waals surface area contributed by atoms with E-state index in [4.69, 9.17) is 9.47 Å². The van der Waals surface area contributed by atoms with Gasteiger partial charge in [0.25, 0.3) is 0 Å². The highest BCUT2D eigenvalue weighted by atomic mass is 16.6. The van der Waals surface area contributed by atoms with Crippen molar-refractivity contribution in [1.82, 2.24) is 10.2 Å². The van der Waals surface area contributed by atoms with Crippen molar-refractivity contribution in [3.05, 3.63) is 35.9 Å². The van der Waals surface area contributed by atoms with Crippen LogP contribution >= 0.6 is 0 Å². The summed E-state index contributed by atoms with van der Waals surface area (Å²) in [6.45, 7) is 9.16. The Hall–Kier alpha value is -2.57. The summed E-state index contributed by atoms with van der Waals surface area (Å²) in [6.07, 6.45) is 4.44. The van der Waals surface area contributed by atoms with E-state index in [9.17, 15) is 14.4 Å². The van der Waals surface area contributed by atoms with E-state index in [1.54, 1.807) is 32.7 Å². The highest BCUT2D eigenvalue weighted by Crippen LogP contribution is 2.23. The molecule has 0 unspecified atom stereocenters. The Labute approximate surface area is 198 Å². The molecule has 1 aliphatic carbocycles. The van der Waals surface area contributed by atoms with Gasteiger partial charge in [0.05, 0.1) is 6.42 Å². The largest absolute Gasteiger partial charge is 0.462 e. The van der Waals surface area contributed by atoms with Crippen LogP contribution in [-0.2, 0) is 25.5 Å². The molecule has 1 N–H and O–H groups in total. The Balaban J connectivity index is 2.12. The van der Waals surface area contributed by atoms with Gasteiger partial charge in [0.1, 0.15) is 17.7 Å². The van der Waals surface area contributed by atoms with E-state index in [1.807, 2.05) is 44.2 Å². The van der Waals surface area contributed by atoms with Gasteiger partial charge in [-0.05, 0) is 72.3 Å². The first-order valence-corrected chi connectivity index (χ1v) is 11.9. The number of nitrogens with one attached hydrogen (secondary N) is 1. The van der Waals surface area contributed by atoms with Gasteiger partial charge in [0.15, 0.2) is 0 Å². The second kappa shape index (κ2) is 11.5. The zero-order chi connectivity index (χ0) is 24.6. The van der Waals surface area contributed by atoms with E-state index in [2.05, 4.69) is 5.32 Å². The number of carbonyl (C=O) groups is 3. The van der Waals surface area contributed by atoms with Gasteiger partial charge in [-0.15, -0.1) is 0 Å². The lowest BCUT2D eigenvalue weighted by Gasteiger charge is -2.38. The molecule has 184 valence electrons. The Morgan fingerprint density at radius 1 is 1.03 bits per heavy atom. The van der Waals surface area contributed by atoms with Gasteiger partial charge in [-0.3, -0.25) is 9.59 Å². The molecule has 33 heavy (non-hydrogen) atoms. The van der Waals surface area contributed by atoms with Crippen LogP contribution in [0.1, 0.15) is 78.7 Å². The predicted molar refractivity (Wildman–Crippen MR) is 128 cm³/mol. The molecule has 0 aliphatic heterocycles. The van der Waals surface area contributed by atoms with Crippen LogP contribution < -0.4 is 5.32 Å². The normalized spacial score (nSPS) is 15.9. The molecule has 1 saturated carbocycles. The standard InChI is InChI=1S/C26H40N2O5/c1-25(2,3)33-24(31)27-21(17-22(29)32-20-15-11-8-12-16-20)23(30)28(6)26(4,5)18-19-13-9-7-10-14-19/h7,9-10,13-14,20-21H,8,11-12,15-18H2,1-6H3,(H,27,31)/t21-/m0/s1. The summed E-state index contributed by atoms with van der Waals surface area (Å²) in [5.74, 6) is -0.840. The lowest BCUT2D eigenvalue weighted by atomic mass is 9.92. The Morgan fingerprint density at radius 3 is 2.21 bits per heavy atom. The summed E-state index contributed by atoms with van der Waals surface area (Å²) >= 11 is 0. The van der Waals surface area contributed by atoms with Crippen molar-refractivity contribution in [2.45, 2.75) is 103 Å². The number of benzene rings is 1. The van der Waals surface area contributed by atoms with Crippen molar-refractivity contribution >= 4 is 18.0 Å². The first kappa shape index (κ1) is 26.7. The van der Waals surface area contributed by atoms with Crippen LogP contribution in [0.25, 0.3) is 0 Å². The number of alkyl carbamates (subject to hydrolysis) is 1. The second-order valence-corrected chi connectivity index (χ2v) is 10.5. The molecule has 0 bridgehead atoms. The molecule has 1 aromatic rings. The lowest BCUT2D eigenvalue weighted by molar-refractivity contribution is -0.154. The van der Waals surface area contributed by atoms with Crippen LogP contribution in [0.15, 0.2) is 30.3 Å². The monoisotopic (exact) mass is 460 g/mol. The molecular weight excluding hydrogens is 420 g/mol. The number of esters is 1. The van der Waals surface area contributed by atoms with Crippen molar-refractivity contribution in [2.24, 2.45) is 0 Å². The van der Waals surface area contributed by atoms with Gasteiger partial charge >= 0.3 is 12.1 Å². The highest BCUT2D eigenvalue weighted by Gasteiger charge is 2.35. The number of amides is 2. The molecule has 2 amide bonds. The van der Waals surface area contributed by atoms with Gasteiger partial charge < -0.3 is 19.7 Å². The molecule has 0 spiro atoms. The zero-order valence-electron chi connectivity index (χ0n) is 21.0. The van der Waals surface area contributed by atoms with Crippen LogP contribution in [0, 0.1) is 0 Å². The molecule has 7 heteroatoms. The smallest absolute Gasteiger partial charge is 0.408 e. The lowest BCUT2D eigenvalue weighted by Crippen LogP contribution is -2.55. The first-order valence-electron chi connectivity index (χ1n) is 11.9. The minimum Gasteiger partial charge on any atom is -0.462 e. The second-order valence-electron chi connectivity index (χ2n) is 10.5. The van der Waals surface area contributed by atoms with Crippen LogP contribution in [0.2, 0.25) is 0 Å². The van der Waals surface area contributed by atoms with Gasteiger partial charge in [0.2, 0.25) is 5.91 Å². The molecule has 1 fully saturated rings. The number of hydrogen-bond donors (Lipinski definition) is 1. The predicted octanol–water partition coefficient (Wildman–Crippen LogP) is 4.63. The quantitative estimate of drug-likeness (QED) is 0.572. The summed E-state index contributed by atoms with van der Waals surface area (Å²) < 4.78 is 11.0. The van der Waals surface area contributed by atoms with E-state index in [-0.39, 0.29) is 18.4 Å². The Kier molecular flexibility index (Phi) is 9.32. The number of carbonyl (C=O) groups excluding carboxylic acids is 3. The van der Waals surface area contributed by atoms with Crippen LogP contribution in [0.5, 0.6) is 0 Å². The third-order valence-electron chi connectivity index (χ3n) is 5.93. The van der Waals surface area contributed by atoms with Crippen LogP contribution in [-0.4, -0.2) is 53.2 Å². The van der Waals surface area contributed by atoms with Gasteiger partial charge in [-0.2, -0.15) is 0 Å². The minimum atomic E-state index is -1.07. The van der Waals surface area contributed by atoms with E-state index in [0.717, 1.165) is 37.7 Å². The molecule has 0 heterocycles. The summed E-state index contributed by atoms with van der Waals surface area (Å²) in [4.78, 5) is 40.2. The number of nitrogens with zero attached hydrogens (tertiary/aromatic N) is 1. The van der Waals surface area contributed by atoms with Gasteiger partial charge in [0, 0.05) is 12.6 Å². The molecule has 0 radical (unpaired) electrons. The topological polar surface area (TPSA) is 84.9 Å². The van der Waals surface area contributed by atoms with Crippen molar-refractivity contribution in [3.63, 3.8) is 0 Å². The van der Waals surface area contributed by atoms with Crippen molar-refractivity contribution < 1.29 is 23.9 Å². The fourth-order valence-corrected chi connectivity index (χ4v) is 3.98. The van der Waals surface area contributed by atoms with E-state index >= 15 is 0 Å². The molecule has 1 atom stereocenters. The van der Waals surface area contributed by atoms with Crippen LogP contribution in [0.4, 0.5) is 4.79 Å². The van der Waals surface area contributed by atoms with Crippen molar-refractivity contribution in [1.29, 1.82) is 0 Å². The van der Waals surface area contributed by atoms with Gasteiger partial charge in [-0.1, -0.05) is 36.8 Å². The summed E-state index contributed by atoms with van der Waals surface area (Å²) in [6, 6.07) is 8.82. The maximum absolute atomic E-state index is 13.5. The minimum absolute atomic E-state index is 0.115. The fraction of sp³-hybridized carbons (Fsp3) is 0.654. The van der Waals surface area contributed by atoms with Crippen molar-refractivity contribution in [2.75, 3.05) is 7.05 Å². The highest BCUT2D eigenvalue weighted by molar-refractivity contribution is 5.90. The maximum atomic E-state index is 13.5. The van der Waals surface area contributed by atoms with Gasteiger partial charge in [-0.25, -0.2) is 4.79 Å². The zero-order valence-corrected chi connectivity index (χ0v) is 21.0. The maximum Gasteiger partial charge on any atom is 0.408 e. The third kappa shape index (κ3) is 9.06. The molecule has 1 aliphatic rings. The fourth-order valence-electron chi connectivity index (χ4n) is 3.98. The van der Waals surface area contributed by atoms with E-state index < -0.39 is 29.2 Å². The summed E-state index contributed by atoms with van der Waals surface area (Å²) in [5.41, 5.74) is -0.172. The number of rotatable bonds is 8. The van der Waals surface area contributed by atoms with E-state index in [0.29, 0.717) is 6.42 Å². The first-order chi connectivity index (χ1) is 15.4. The average Bonchev–Trinajstić information content (AvgIpc) is 2.72. The SMILES string of the molecule is CN(C(=O)[C@H](CC(=O)OC1CCCCC1)NC(=O)OC(C)(C)C)C(C)(C)Cc1ccccc1. The molecule has 0 aromatic heterocycles. The number of ether oxygens (including phenoxy) is 2. The van der Waals surface area contributed by atoms with E-state index in [1.165, 1.54) is 0 Å². The third-order valence-corrected chi connectivity index (χ3v) is 5.93. The average molecular weight is 461 g/mol. The molecule has 1 aromatic carbocycles. The molecule has 2 rings (SSSR count). The summed E-state index contributed by atoms with van der Waals surface area (Å²) in [7, 11) is 1.70.